The number of methoxy groups -OCH3 is 2. The molecule has 1 aliphatic rings. The second kappa shape index (κ2) is 16.0. The lowest BCUT2D eigenvalue weighted by Gasteiger charge is -2.29. The van der Waals surface area contributed by atoms with E-state index in [2.05, 4.69) is 17.0 Å². The number of rotatable bonds is 8. The second-order valence-electron chi connectivity index (χ2n) is 13.1. The van der Waals surface area contributed by atoms with Crippen LogP contribution in [-0.4, -0.2) is 77.5 Å². The molecule has 3 aromatic heterocycles. The third-order valence-electron chi connectivity index (χ3n) is 8.10. The van der Waals surface area contributed by atoms with Crippen LogP contribution in [0.4, 0.5) is 13.6 Å². The molecule has 0 bridgehead atoms. The number of thiophene rings is 1. The Morgan fingerprint density at radius 1 is 1.12 bits per heavy atom. The number of hydrogen-bond acceptors (Lipinski definition) is 9. The van der Waals surface area contributed by atoms with Gasteiger partial charge in [-0.25, -0.2) is 18.6 Å². The monoisotopic (exact) mass is 718 g/mol. The number of nitrogens with zero attached hydrogens (tertiary/aromatic N) is 5. The summed E-state index contributed by atoms with van der Waals surface area (Å²) in [6, 6.07) is 9.78. The molecule has 6 rings (SSSR count). The summed E-state index contributed by atoms with van der Waals surface area (Å²) in [5, 5.41) is 7.95. The molecule has 0 unspecified atom stereocenters. The molecule has 0 spiro atoms. The van der Waals surface area contributed by atoms with Gasteiger partial charge in [0.2, 0.25) is 0 Å². The largest absolute Gasteiger partial charge is 0.496 e. The van der Waals surface area contributed by atoms with E-state index in [-0.39, 0.29) is 29.2 Å². The van der Waals surface area contributed by atoms with E-state index in [1.807, 2.05) is 57.5 Å². The van der Waals surface area contributed by atoms with Crippen LogP contribution in [-0.2, 0) is 16.5 Å². The summed E-state index contributed by atoms with van der Waals surface area (Å²) < 4.78 is 48.3. The number of carbonyl (C=O) groups is 1. The number of ether oxygens (including phenoxy) is 3. The summed E-state index contributed by atoms with van der Waals surface area (Å²) >= 11 is 1.39. The van der Waals surface area contributed by atoms with E-state index in [0.29, 0.717) is 34.8 Å². The molecule has 0 atom stereocenters. The number of amides is 1. The zero-order valence-electron chi connectivity index (χ0n) is 30.0. The Bertz CT molecular complexity index is 2100. The normalized spacial score (nSPS) is 13.6. The Kier molecular flexibility index (Phi) is 11.7. The van der Waals surface area contributed by atoms with E-state index in [9.17, 15) is 9.18 Å². The molecule has 51 heavy (non-hydrogen) atoms. The number of carbonyl (C=O) groups excluding carboxylic acids is 1. The number of aromatic nitrogens is 3. The summed E-state index contributed by atoms with van der Waals surface area (Å²) in [5.41, 5.74) is 9.97. The molecule has 13 heteroatoms. The number of nitrogens with two attached hydrogens (primary N) is 1. The predicted octanol–water partition coefficient (Wildman–Crippen LogP) is 8.23. The molecule has 0 saturated heterocycles. The van der Waals surface area contributed by atoms with E-state index in [4.69, 9.17) is 24.9 Å². The molecule has 270 valence electrons. The van der Waals surface area contributed by atoms with Crippen LogP contribution in [0.3, 0.4) is 0 Å². The Labute approximate surface area is 300 Å². The maximum absolute atomic E-state index is 15.7. The van der Waals surface area contributed by atoms with Gasteiger partial charge in [-0.1, -0.05) is 19.4 Å². The smallest absolute Gasteiger partial charge is 0.410 e. The van der Waals surface area contributed by atoms with Gasteiger partial charge < -0.3 is 24.8 Å². The second-order valence-corrected chi connectivity index (χ2v) is 14.0. The molecule has 1 amide bonds. The summed E-state index contributed by atoms with van der Waals surface area (Å²) in [6.45, 7) is 9.42. The molecule has 0 saturated carbocycles. The highest BCUT2D eigenvalue weighted by atomic mass is 32.1. The van der Waals surface area contributed by atoms with E-state index in [0.717, 1.165) is 40.6 Å². The third kappa shape index (κ3) is 8.54. The van der Waals surface area contributed by atoms with Crippen LogP contribution >= 0.6 is 11.3 Å². The van der Waals surface area contributed by atoms with Crippen molar-refractivity contribution in [3.05, 3.63) is 71.4 Å². The fraction of sp³-hybridized carbons (Fsp3) is 0.368. The van der Waals surface area contributed by atoms with Crippen molar-refractivity contribution in [2.45, 2.75) is 46.1 Å². The van der Waals surface area contributed by atoms with Gasteiger partial charge in [-0.3, -0.25) is 9.67 Å². The number of unbranched alkanes of at least 4 members (excludes halogenated alkanes) is 1. The Hall–Kier alpha value is -4.88. The first-order valence-corrected chi connectivity index (χ1v) is 17.6. The summed E-state index contributed by atoms with van der Waals surface area (Å²) in [6.07, 6.45) is 5.39. The van der Waals surface area contributed by atoms with Gasteiger partial charge in [-0.2, -0.15) is 5.10 Å². The Morgan fingerprint density at radius 3 is 2.59 bits per heavy atom. The van der Waals surface area contributed by atoms with Crippen LogP contribution < -0.4 is 10.5 Å². The standard InChI is InChI=1S/C33H32F2N6O3S.C5H12O/c1-33(2,3)44-32(42)41-10-9-37-21(17-41)15-24(36)30-28(27-23(35)13-20(34)14-26(27)43-5)31-22(8-11-45-31)29(39-30)18-6-7-25-19(12-18)16-38-40(25)4;1-3-4-5-6-2/h6-8,11-16H,9-10,17,36H2,1-5H3;3-5H2,1-2H3/b24-15-;. The minimum absolute atomic E-state index is 0.00804. The molecule has 2 aromatic carbocycles. The van der Waals surface area contributed by atoms with Crippen LogP contribution in [0.5, 0.6) is 5.75 Å². The average molecular weight is 719 g/mol. The number of pyridine rings is 1. The van der Waals surface area contributed by atoms with Crippen LogP contribution in [0, 0.1) is 11.6 Å². The molecular formula is C38H44F2N6O4S. The molecule has 2 N–H and O–H groups in total. The maximum Gasteiger partial charge on any atom is 0.410 e. The van der Waals surface area contributed by atoms with Crippen molar-refractivity contribution in [3.8, 4) is 28.1 Å². The zero-order valence-corrected chi connectivity index (χ0v) is 30.9. The van der Waals surface area contributed by atoms with Gasteiger partial charge in [0.05, 0.1) is 60.3 Å². The van der Waals surface area contributed by atoms with Crippen LogP contribution in [0.1, 0.15) is 46.2 Å². The summed E-state index contributed by atoms with van der Waals surface area (Å²) in [5.74, 6) is -1.57. The lowest BCUT2D eigenvalue weighted by Crippen LogP contribution is -2.43. The fourth-order valence-corrected chi connectivity index (χ4v) is 6.65. The van der Waals surface area contributed by atoms with Crippen molar-refractivity contribution in [2.24, 2.45) is 17.8 Å². The fourth-order valence-electron chi connectivity index (χ4n) is 5.70. The van der Waals surface area contributed by atoms with Crippen LogP contribution in [0.15, 0.2) is 59.0 Å². The predicted molar refractivity (Wildman–Crippen MR) is 200 cm³/mol. The first kappa shape index (κ1) is 37.4. The van der Waals surface area contributed by atoms with Crippen molar-refractivity contribution < 1.29 is 27.8 Å². The van der Waals surface area contributed by atoms with Gasteiger partial charge in [-0.15, -0.1) is 11.3 Å². The van der Waals surface area contributed by atoms with Gasteiger partial charge in [0.15, 0.2) is 0 Å². The third-order valence-corrected chi connectivity index (χ3v) is 9.04. The van der Waals surface area contributed by atoms with Crippen molar-refractivity contribution >= 4 is 49.8 Å². The minimum atomic E-state index is -0.812. The number of aryl methyl sites for hydroxylation is 1. The SMILES string of the molecule is CCCCOC.COc1cc(F)cc(F)c1-c1c(/C(N)=C/C2=NCCN(C(=O)OC(C)(C)C)C2)nc(-c2ccc3c(cnn3C)c2)c2ccsc12. The first-order valence-electron chi connectivity index (χ1n) is 16.7. The molecule has 0 aliphatic carbocycles. The maximum atomic E-state index is 15.7. The van der Waals surface area contributed by atoms with Crippen molar-refractivity contribution in [2.75, 3.05) is 40.5 Å². The summed E-state index contributed by atoms with van der Waals surface area (Å²) in [4.78, 5) is 24.0. The van der Waals surface area contributed by atoms with Crippen LogP contribution in [0.25, 0.3) is 49.1 Å². The lowest BCUT2D eigenvalue weighted by atomic mass is 9.96. The van der Waals surface area contributed by atoms with Crippen LogP contribution in [0.2, 0.25) is 0 Å². The number of hydrogen-bond donors (Lipinski definition) is 1. The average Bonchev–Trinajstić information content (AvgIpc) is 3.73. The van der Waals surface area contributed by atoms with E-state index in [1.54, 1.807) is 29.0 Å². The Morgan fingerprint density at radius 2 is 1.90 bits per heavy atom. The summed E-state index contributed by atoms with van der Waals surface area (Å²) in [7, 11) is 4.96. The number of aliphatic imine (C=N–C) groups is 1. The van der Waals surface area contributed by atoms with Crippen molar-refractivity contribution in [1.82, 2.24) is 19.7 Å². The Balaban J connectivity index is 0.000000774. The topological polar surface area (TPSA) is 117 Å². The quantitative estimate of drug-likeness (QED) is 0.161. The lowest BCUT2D eigenvalue weighted by molar-refractivity contribution is 0.0278. The van der Waals surface area contributed by atoms with E-state index in [1.165, 1.54) is 31.3 Å². The highest BCUT2D eigenvalue weighted by Gasteiger charge is 2.27. The van der Waals surface area contributed by atoms with E-state index < -0.39 is 23.3 Å². The molecule has 0 fully saturated rings. The highest BCUT2D eigenvalue weighted by Crippen LogP contribution is 2.45. The molecule has 1 aliphatic heterocycles. The molecular weight excluding hydrogens is 675 g/mol. The van der Waals surface area contributed by atoms with Gasteiger partial charge in [0.25, 0.3) is 0 Å². The number of halogens is 2. The highest BCUT2D eigenvalue weighted by molar-refractivity contribution is 7.18. The minimum Gasteiger partial charge on any atom is -0.496 e. The zero-order chi connectivity index (χ0) is 36.9. The van der Waals surface area contributed by atoms with Crippen molar-refractivity contribution in [3.63, 3.8) is 0 Å². The van der Waals surface area contributed by atoms with Gasteiger partial charge in [0, 0.05) is 66.0 Å². The number of benzene rings is 2. The first-order chi connectivity index (χ1) is 24.3. The van der Waals surface area contributed by atoms with E-state index >= 15 is 4.39 Å². The van der Waals surface area contributed by atoms with Gasteiger partial charge in [0.1, 0.15) is 23.0 Å². The number of fused-ring (bicyclic) bond motifs is 2. The van der Waals surface area contributed by atoms with Crippen molar-refractivity contribution in [1.29, 1.82) is 0 Å². The van der Waals surface area contributed by atoms with Gasteiger partial charge in [-0.05, 0) is 56.8 Å². The van der Waals surface area contributed by atoms with Gasteiger partial charge >= 0.3 is 6.09 Å². The molecule has 4 heterocycles. The molecule has 0 radical (unpaired) electrons. The molecule has 10 nitrogen and oxygen atoms in total. The molecule has 5 aromatic rings.